The molecule has 6 nitrogen and oxygen atoms in total. The lowest BCUT2D eigenvalue weighted by atomic mass is 10.1. The van der Waals surface area contributed by atoms with E-state index in [1.165, 1.54) is 6.92 Å². The normalized spacial score (nSPS) is 9.75. The van der Waals surface area contributed by atoms with Gasteiger partial charge in [0, 0.05) is 31.6 Å². The van der Waals surface area contributed by atoms with Gasteiger partial charge in [-0.05, 0) is 6.07 Å². The molecule has 6 heteroatoms. The fourth-order valence-electron chi connectivity index (χ4n) is 1.67. The molecule has 20 heavy (non-hydrogen) atoms. The first-order valence-corrected chi connectivity index (χ1v) is 6.29. The zero-order chi connectivity index (χ0) is 15.0. The van der Waals surface area contributed by atoms with Crippen LogP contribution in [0, 0.1) is 0 Å². The van der Waals surface area contributed by atoms with E-state index >= 15 is 0 Å². The maximum absolute atomic E-state index is 11.8. The number of ether oxygens (including phenoxy) is 2. The lowest BCUT2D eigenvalue weighted by Crippen LogP contribution is -2.34. The monoisotopic (exact) mass is 280 g/mol. The van der Waals surface area contributed by atoms with E-state index in [0.717, 1.165) is 5.56 Å². The van der Waals surface area contributed by atoms with Gasteiger partial charge in [-0.3, -0.25) is 9.59 Å². The fourth-order valence-corrected chi connectivity index (χ4v) is 1.67. The Morgan fingerprint density at radius 2 is 1.80 bits per heavy atom. The summed E-state index contributed by atoms with van der Waals surface area (Å²) in [5, 5.41) is 5.33. The van der Waals surface area contributed by atoms with E-state index in [1.807, 2.05) is 0 Å². The first-order valence-electron chi connectivity index (χ1n) is 6.29. The van der Waals surface area contributed by atoms with Crippen LogP contribution < -0.4 is 20.1 Å². The molecule has 0 saturated carbocycles. The van der Waals surface area contributed by atoms with Crippen LogP contribution in [0.25, 0.3) is 0 Å². The van der Waals surface area contributed by atoms with Crippen molar-refractivity contribution in [1.82, 2.24) is 10.6 Å². The largest absolute Gasteiger partial charge is 0.497 e. The van der Waals surface area contributed by atoms with Gasteiger partial charge in [0.05, 0.1) is 20.6 Å². The SMILES string of the molecule is COc1ccc(CC(=O)NCCNC(C)=O)c(OC)c1. The summed E-state index contributed by atoms with van der Waals surface area (Å²) < 4.78 is 10.3. The number of nitrogens with one attached hydrogen (secondary N) is 2. The highest BCUT2D eigenvalue weighted by Gasteiger charge is 2.09. The molecule has 0 fully saturated rings. The van der Waals surface area contributed by atoms with Crippen LogP contribution in [0.15, 0.2) is 18.2 Å². The van der Waals surface area contributed by atoms with Crippen LogP contribution in [0.3, 0.4) is 0 Å². The molecule has 0 atom stereocenters. The second kappa shape index (κ2) is 8.04. The average molecular weight is 280 g/mol. The van der Waals surface area contributed by atoms with Crippen LogP contribution >= 0.6 is 0 Å². The Labute approximate surface area is 118 Å². The molecule has 110 valence electrons. The van der Waals surface area contributed by atoms with Gasteiger partial charge in [0.25, 0.3) is 0 Å². The Kier molecular flexibility index (Phi) is 6.36. The molecule has 0 aliphatic heterocycles. The first-order chi connectivity index (χ1) is 9.56. The van der Waals surface area contributed by atoms with Crippen molar-refractivity contribution in [3.05, 3.63) is 23.8 Å². The van der Waals surface area contributed by atoms with Gasteiger partial charge >= 0.3 is 0 Å². The summed E-state index contributed by atoms with van der Waals surface area (Å²) in [4.78, 5) is 22.4. The summed E-state index contributed by atoms with van der Waals surface area (Å²) in [7, 11) is 3.12. The molecular weight excluding hydrogens is 260 g/mol. The van der Waals surface area contributed by atoms with Crippen molar-refractivity contribution in [2.45, 2.75) is 13.3 Å². The van der Waals surface area contributed by atoms with Crippen LogP contribution in [0.2, 0.25) is 0 Å². The highest BCUT2D eigenvalue weighted by atomic mass is 16.5. The molecule has 0 aliphatic rings. The van der Waals surface area contributed by atoms with Crippen molar-refractivity contribution in [2.75, 3.05) is 27.3 Å². The van der Waals surface area contributed by atoms with Crippen molar-refractivity contribution in [1.29, 1.82) is 0 Å². The molecule has 1 aromatic rings. The summed E-state index contributed by atoms with van der Waals surface area (Å²) in [6, 6.07) is 5.31. The third kappa shape index (κ3) is 5.17. The Morgan fingerprint density at radius 1 is 1.10 bits per heavy atom. The first kappa shape index (κ1) is 15.8. The highest BCUT2D eigenvalue weighted by Crippen LogP contribution is 2.24. The van der Waals surface area contributed by atoms with Crippen molar-refractivity contribution in [3.8, 4) is 11.5 Å². The minimum Gasteiger partial charge on any atom is -0.497 e. The van der Waals surface area contributed by atoms with E-state index in [4.69, 9.17) is 9.47 Å². The van der Waals surface area contributed by atoms with Crippen LogP contribution in [0.1, 0.15) is 12.5 Å². The van der Waals surface area contributed by atoms with Crippen LogP contribution in [0.5, 0.6) is 11.5 Å². The molecular formula is C14H20N2O4. The maximum atomic E-state index is 11.8. The molecule has 0 aromatic heterocycles. The lowest BCUT2D eigenvalue weighted by molar-refractivity contribution is -0.121. The predicted molar refractivity (Wildman–Crippen MR) is 74.9 cm³/mol. The molecule has 0 heterocycles. The standard InChI is InChI=1S/C14H20N2O4/c1-10(17)15-6-7-16-14(18)8-11-4-5-12(19-2)9-13(11)20-3/h4-5,9H,6-8H2,1-3H3,(H,15,17)(H,16,18). The number of hydrogen-bond acceptors (Lipinski definition) is 4. The van der Waals surface area contributed by atoms with Gasteiger partial charge in [0.15, 0.2) is 0 Å². The zero-order valence-corrected chi connectivity index (χ0v) is 12.0. The second-order valence-corrected chi connectivity index (χ2v) is 4.19. The topological polar surface area (TPSA) is 76.7 Å². The van der Waals surface area contributed by atoms with Crippen molar-refractivity contribution in [2.24, 2.45) is 0 Å². The molecule has 2 amide bonds. The molecule has 0 unspecified atom stereocenters. The second-order valence-electron chi connectivity index (χ2n) is 4.19. The minimum absolute atomic E-state index is 0.115. The van der Waals surface area contributed by atoms with Gasteiger partial charge in [-0.25, -0.2) is 0 Å². The minimum atomic E-state index is -0.126. The number of benzene rings is 1. The molecule has 0 saturated heterocycles. The molecule has 0 bridgehead atoms. The summed E-state index contributed by atoms with van der Waals surface area (Å²) in [6.07, 6.45) is 0.216. The van der Waals surface area contributed by atoms with E-state index in [-0.39, 0.29) is 18.2 Å². The number of carbonyl (C=O) groups is 2. The summed E-state index contributed by atoms with van der Waals surface area (Å²) in [5.41, 5.74) is 0.783. The van der Waals surface area contributed by atoms with Gasteiger partial charge in [-0.1, -0.05) is 6.07 Å². The van der Waals surface area contributed by atoms with Crippen LogP contribution in [-0.4, -0.2) is 39.1 Å². The zero-order valence-electron chi connectivity index (χ0n) is 12.0. The van der Waals surface area contributed by atoms with E-state index in [1.54, 1.807) is 32.4 Å². The summed E-state index contributed by atoms with van der Waals surface area (Å²) >= 11 is 0. The Hall–Kier alpha value is -2.24. The van der Waals surface area contributed by atoms with Crippen LogP contribution in [0.4, 0.5) is 0 Å². The molecule has 0 spiro atoms. The number of methoxy groups -OCH3 is 2. The van der Waals surface area contributed by atoms with Crippen molar-refractivity contribution >= 4 is 11.8 Å². The fraction of sp³-hybridized carbons (Fsp3) is 0.429. The van der Waals surface area contributed by atoms with Gasteiger partial charge in [0.2, 0.25) is 11.8 Å². The number of rotatable bonds is 7. The van der Waals surface area contributed by atoms with Gasteiger partial charge in [0.1, 0.15) is 11.5 Å². The third-order valence-corrected chi connectivity index (χ3v) is 2.67. The van der Waals surface area contributed by atoms with Crippen LogP contribution in [-0.2, 0) is 16.0 Å². The van der Waals surface area contributed by atoms with E-state index in [9.17, 15) is 9.59 Å². The van der Waals surface area contributed by atoms with E-state index in [0.29, 0.717) is 24.6 Å². The van der Waals surface area contributed by atoms with Gasteiger partial charge in [-0.15, -0.1) is 0 Å². The molecule has 1 rings (SSSR count). The van der Waals surface area contributed by atoms with E-state index in [2.05, 4.69) is 10.6 Å². The predicted octanol–water partition coefficient (Wildman–Crippen LogP) is 0.499. The van der Waals surface area contributed by atoms with Gasteiger partial charge < -0.3 is 20.1 Å². The van der Waals surface area contributed by atoms with Gasteiger partial charge in [-0.2, -0.15) is 0 Å². The van der Waals surface area contributed by atoms with Crippen molar-refractivity contribution in [3.63, 3.8) is 0 Å². The average Bonchev–Trinajstić information content (AvgIpc) is 2.43. The van der Waals surface area contributed by atoms with E-state index < -0.39 is 0 Å². The van der Waals surface area contributed by atoms with Crippen molar-refractivity contribution < 1.29 is 19.1 Å². The molecule has 0 radical (unpaired) electrons. The maximum Gasteiger partial charge on any atom is 0.224 e. The molecule has 1 aromatic carbocycles. The molecule has 2 N–H and O–H groups in total. The number of hydrogen-bond donors (Lipinski definition) is 2. The smallest absolute Gasteiger partial charge is 0.224 e. The number of carbonyl (C=O) groups excluding carboxylic acids is 2. The summed E-state index contributed by atoms with van der Waals surface area (Å²) in [5.74, 6) is 1.05. The molecule has 0 aliphatic carbocycles. The Morgan fingerprint density at radius 3 is 2.40 bits per heavy atom. The number of amides is 2. The highest BCUT2D eigenvalue weighted by molar-refractivity contribution is 5.79. The Bertz CT molecular complexity index is 474. The quantitative estimate of drug-likeness (QED) is 0.713. The lowest BCUT2D eigenvalue weighted by Gasteiger charge is -2.10. The summed E-state index contributed by atoms with van der Waals surface area (Å²) in [6.45, 7) is 2.25. The Balaban J connectivity index is 2.51. The third-order valence-electron chi connectivity index (χ3n) is 2.67.